The lowest BCUT2D eigenvalue weighted by atomic mass is 10.4. The fourth-order valence-corrected chi connectivity index (χ4v) is 3.36. The van der Waals surface area contributed by atoms with Crippen molar-refractivity contribution in [2.75, 3.05) is 0 Å². The van der Waals surface area contributed by atoms with Crippen LogP contribution in [0.2, 0.25) is 0 Å². The molecule has 4 heteroatoms. The molecule has 2 aromatic rings. The van der Waals surface area contributed by atoms with Crippen molar-refractivity contribution in [1.82, 2.24) is 0 Å². The Morgan fingerprint density at radius 1 is 0.882 bits per heavy atom. The first-order valence-electron chi connectivity index (χ1n) is 5.08. The van der Waals surface area contributed by atoms with Crippen molar-refractivity contribution in [2.45, 2.75) is 0 Å². The minimum atomic E-state index is -3.41. The van der Waals surface area contributed by atoms with E-state index in [-0.39, 0.29) is 0 Å². The molecular weight excluding hydrogens is 234 g/mol. The third kappa shape index (κ3) is 2.27. The van der Waals surface area contributed by atoms with Crippen LogP contribution in [0.4, 0.5) is 4.20 Å². The Bertz CT molecular complexity index is 544. The Morgan fingerprint density at radius 3 is 1.65 bits per heavy atom. The quantitative estimate of drug-likeness (QED) is 0.590. The van der Waals surface area contributed by atoms with Crippen molar-refractivity contribution in [1.29, 1.82) is 5.26 Å². The molecule has 0 heterocycles. The topological polar surface area (TPSA) is 36.1 Å². The predicted octanol–water partition coefficient (Wildman–Crippen LogP) is 3.20. The highest BCUT2D eigenvalue weighted by Crippen LogP contribution is 2.48. The molecule has 0 aliphatic rings. The van der Waals surface area contributed by atoms with Gasteiger partial charge >= 0.3 is 0 Å². The molecule has 0 saturated heterocycles. The van der Waals surface area contributed by atoms with Gasteiger partial charge in [0.1, 0.15) is 0 Å². The van der Waals surface area contributed by atoms with Gasteiger partial charge in [-0.3, -0.25) is 0 Å². The van der Waals surface area contributed by atoms with Crippen LogP contribution in [0.15, 0.2) is 65.4 Å². The summed E-state index contributed by atoms with van der Waals surface area (Å²) in [7, 11) is -3.41. The normalized spacial score (nSPS) is 10.6. The van der Waals surface area contributed by atoms with Crippen molar-refractivity contribution < 1.29 is 4.20 Å². The zero-order chi connectivity index (χ0) is 12.1. The largest absolute Gasteiger partial charge is 0.207 e. The second-order valence-corrected chi connectivity index (χ2v) is 5.77. The first-order chi connectivity index (χ1) is 8.27. The van der Waals surface area contributed by atoms with Gasteiger partial charge in [-0.25, -0.2) is 0 Å². The van der Waals surface area contributed by atoms with Gasteiger partial charge in [-0.05, 0) is 0 Å². The van der Waals surface area contributed by atoms with Crippen LogP contribution in [0.25, 0.3) is 0 Å². The molecule has 0 aliphatic heterocycles. The summed E-state index contributed by atoms with van der Waals surface area (Å²) in [6.07, 6.45) is 1.60. The Hall–Kier alpha value is -1.91. The van der Waals surface area contributed by atoms with Crippen molar-refractivity contribution in [3.05, 3.63) is 60.7 Å². The molecule has 0 aromatic heterocycles. The average molecular weight is 244 g/mol. The third-order valence-corrected chi connectivity index (χ3v) is 4.71. The van der Waals surface area contributed by atoms with Crippen LogP contribution in [0.1, 0.15) is 0 Å². The van der Waals surface area contributed by atoms with Gasteiger partial charge < -0.3 is 0 Å². The summed E-state index contributed by atoms with van der Waals surface area (Å²) >= 11 is 0. The molecule has 84 valence electrons. The number of hydrogen-bond donors (Lipinski definition) is 0. The van der Waals surface area contributed by atoms with E-state index in [1.54, 1.807) is 54.7 Å². The standard InChI is InChI=1S/C13H10FN2P/c14-17(16-11-15,12-7-3-1-4-8-12)13-9-5-2-6-10-13/h1-10H. The van der Waals surface area contributed by atoms with E-state index in [4.69, 9.17) is 5.26 Å². The maximum Gasteiger partial charge on any atom is 0.207 e. The summed E-state index contributed by atoms with van der Waals surface area (Å²) in [5.41, 5.74) is 0. The van der Waals surface area contributed by atoms with E-state index in [1.165, 1.54) is 0 Å². The van der Waals surface area contributed by atoms with E-state index in [0.29, 0.717) is 10.6 Å². The third-order valence-electron chi connectivity index (χ3n) is 2.38. The van der Waals surface area contributed by atoms with Gasteiger partial charge in [-0.15, -0.1) is 0 Å². The zero-order valence-electron chi connectivity index (χ0n) is 8.99. The fraction of sp³-hybridized carbons (Fsp3) is 0. The van der Waals surface area contributed by atoms with Crippen LogP contribution in [0.3, 0.4) is 0 Å². The smallest absolute Gasteiger partial charge is 0.198 e. The molecule has 2 aromatic carbocycles. The summed E-state index contributed by atoms with van der Waals surface area (Å²) < 4.78 is 18.5. The Balaban J connectivity index is 2.65. The number of halogens is 1. The molecule has 0 radical (unpaired) electrons. The van der Waals surface area contributed by atoms with Crippen LogP contribution in [0, 0.1) is 11.5 Å². The molecule has 0 spiro atoms. The highest BCUT2D eigenvalue weighted by Gasteiger charge is 2.23. The van der Waals surface area contributed by atoms with E-state index < -0.39 is 7.37 Å². The number of nitrogens with zero attached hydrogens (tertiary/aromatic N) is 2. The van der Waals surface area contributed by atoms with Crippen LogP contribution < -0.4 is 10.6 Å². The molecule has 0 amide bonds. The number of hydrogen-bond acceptors (Lipinski definition) is 2. The highest BCUT2D eigenvalue weighted by atomic mass is 31.2. The maximum atomic E-state index is 15.0. The minimum Gasteiger partial charge on any atom is -0.198 e. The van der Waals surface area contributed by atoms with Gasteiger partial charge in [0.25, 0.3) is 0 Å². The predicted molar refractivity (Wildman–Crippen MR) is 68.2 cm³/mol. The molecule has 0 atom stereocenters. The monoisotopic (exact) mass is 244 g/mol. The highest BCUT2D eigenvalue weighted by molar-refractivity contribution is 7.76. The molecule has 0 aliphatic carbocycles. The number of nitriles is 1. The van der Waals surface area contributed by atoms with Gasteiger partial charge in [0.05, 0.1) is 0 Å². The molecule has 0 fully saturated rings. The molecule has 2 rings (SSSR count). The average Bonchev–Trinajstić information content (AvgIpc) is 2.41. The maximum absolute atomic E-state index is 15.0. The summed E-state index contributed by atoms with van der Waals surface area (Å²) in [5.74, 6) is 0. The van der Waals surface area contributed by atoms with Crippen molar-refractivity contribution >= 4 is 18.0 Å². The van der Waals surface area contributed by atoms with E-state index in [0.717, 1.165) is 0 Å². The summed E-state index contributed by atoms with van der Waals surface area (Å²) in [6.45, 7) is 0. The van der Waals surface area contributed by atoms with Gasteiger partial charge in [0.2, 0.25) is 13.6 Å². The van der Waals surface area contributed by atoms with Gasteiger partial charge in [-0.1, -0.05) is 60.7 Å². The number of benzene rings is 2. The van der Waals surface area contributed by atoms with Crippen LogP contribution in [0.5, 0.6) is 0 Å². The van der Waals surface area contributed by atoms with Crippen LogP contribution >= 0.6 is 7.37 Å². The molecule has 17 heavy (non-hydrogen) atoms. The Kier molecular flexibility index (Phi) is 3.37. The Labute approximate surface area is 99.5 Å². The van der Waals surface area contributed by atoms with Crippen molar-refractivity contribution in [3.63, 3.8) is 0 Å². The first kappa shape index (κ1) is 11.6. The lowest BCUT2D eigenvalue weighted by Crippen LogP contribution is -2.12. The summed E-state index contributed by atoms with van der Waals surface area (Å²) in [5, 5.41) is 9.63. The summed E-state index contributed by atoms with van der Waals surface area (Å²) in [6, 6.07) is 17.3. The first-order valence-corrected chi connectivity index (χ1v) is 6.72. The second kappa shape index (κ2) is 4.95. The zero-order valence-corrected chi connectivity index (χ0v) is 9.89. The minimum absolute atomic E-state index is 0.466. The van der Waals surface area contributed by atoms with Gasteiger partial charge in [-0.2, -0.15) is 14.2 Å². The molecular formula is C13H10FN2P. The second-order valence-electron chi connectivity index (χ2n) is 3.43. The van der Waals surface area contributed by atoms with Gasteiger partial charge in [0, 0.05) is 10.6 Å². The summed E-state index contributed by atoms with van der Waals surface area (Å²) in [4.78, 5) is 0. The number of rotatable bonds is 2. The van der Waals surface area contributed by atoms with Crippen molar-refractivity contribution in [2.24, 2.45) is 4.74 Å². The van der Waals surface area contributed by atoms with Gasteiger partial charge in [0.15, 0.2) is 0 Å². The Morgan fingerprint density at radius 2 is 1.29 bits per heavy atom. The SMILES string of the molecule is N#CN=P(F)(c1ccccc1)c1ccccc1. The van der Waals surface area contributed by atoms with E-state index in [1.807, 2.05) is 12.1 Å². The van der Waals surface area contributed by atoms with E-state index in [9.17, 15) is 4.20 Å². The lowest BCUT2D eigenvalue weighted by Gasteiger charge is -2.13. The van der Waals surface area contributed by atoms with Crippen LogP contribution in [-0.4, -0.2) is 0 Å². The molecule has 0 N–H and O–H groups in total. The van der Waals surface area contributed by atoms with Crippen molar-refractivity contribution in [3.8, 4) is 6.19 Å². The van der Waals surface area contributed by atoms with E-state index in [2.05, 4.69) is 4.74 Å². The molecule has 0 saturated carbocycles. The molecule has 2 nitrogen and oxygen atoms in total. The lowest BCUT2D eigenvalue weighted by molar-refractivity contribution is 0.899. The van der Waals surface area contributed by atoms with E-state index >= 15 is 0 Å². The van der Waals surface area contributed by atoms with Crippen LogP contribution in [-0.2, 0) is 0 Å². The molecule has 0 unspecified atom stereocenters. The molecule has 0 bridgehead atoms. The fourth-order valence-electron chi connectivity index (χ4n) is 1.58.